The van der Waals surface area contributed by atoms with Gasteiger partial charge in [0.15, 0.2) is 11.6 Å². The van der Waals surface area contributed by atoms with E-state index in [9.17, 15) is 31.5 Å². The minimum Gasteiger partial charge on any atom is -0.481 e. The molecule has 1 aliphatic heterocycles. The van der Waals surface area contributed by atoms with Gasteiger partial charge in [0.1, 0.15) is 9.20 Å². The van der Waals surface area contributed by atoms with Crippen molar-refractivity contribution in [2.24, 2.45) is 0 Å². The van der Waals surface area contributed by atoms with Crippen LogP contribution in [0.25, 0.3) is 17.2 Å². The Morgan fingerprint density at radius 3 is 2.48 bits per heavy atom. The Hall–Kier alpha value is -2.31. The Morgan fingerprint density at radius 1 is 1.12 bits per heavy atom. The molecule has 33 heavy (non-hydrogen) atoms. The first kappa shape index (κ1) is 25.3. The number of benzene rings is 1. The van der Waals surface area contributed by atoms with Crippen LogP contribution in [0.15, 0.2) is 29.2 Å². The molecule has 1 aromatic carbocycles. The number of carbonyl (C=O) groups excluding carboxylic acids is 1. The highest BCUT2D eigenvalue weighted by molar-refractivity contribution is 8.26. The molecule has 0 saturated carbocycles. The molecule has 1 aromatic heterocycles. The number of unbranched alkanes of at least 4 members (excludes halogenated alkanes) is 2. The number of amides is 1. The van der Waals surface area contributed by atoms with Crippen molar-refractivity contribution in [1.82, 2.24) is 4.90 Å². The molecule has 0 atom stereocenters. The summed E-state index contributed by atoms with van der Waals surface area (Å²) in [6.07, 6.45) is -1.83. The molecule has 12 heteroatoms. The molecule has 2 heterocycles. The Morgan fingerprint density at radius 2 is 1.85 bits per heavy atom. The smallest absolute Gasteiger partial charge is 0.426 e. The molecule has 1 aliphatic rings. The van der Waals surface area contributed by atoms with Crippen molar-refractivity contribution in [2.45, 2.75) is 31.9 Å². The summed E-state index contributed by atoms with van der Waals surface area (Å²) >= 11 is 6.55. The zero-order valence-electron chi connectivity index (χ0n) is 16.7. The maximum absolute atomic E-state index is 13.6. The van der Waals surface area contributed by atoms with E-state index >= 15 is 0 Å². The monoisotopic (exact) mass is 521 g/mol. The third-order valence-corrected chi connectivity index (χ3v) is 7.16. The zero-order valence-corrected chi connectivity index (χ0v) is 19.2. The van der Waals surface area contributed by atoms with Gasteiger partial charge in [-0.15, -0.1) is 11.3 Å². The van der Waals surface area contributed by atoms with E-state index < -0.39 is 34.6 Å². The van der Waals surface area contributed by atoms with Gasteiger partial charge in [0.25, 0.3) is 5.91 Å². The highest BCUT2D eigenvalue weighted by atomic mass is 32.2. The van der Waals surface area contributed by atoms with Gasteiger partial charge in [-0.25, -0.2) is 8.78 Å². The van der Waals surface area contributed by atoms with Crippen molar-refractivity contribution >= 4 is 57.6 Å². The summed E-state index contributed by atoms with van der Waals surface area (Å²) < 4.78 is 67.8. The third kappa shape index (κ3) is 6.18. The number of hydrogen-bond acceptors (Lipinski definition) is 5. The summed E-state index contributed by atoms with van der Waals surface area (Å²) in [6, 6.07) is 3.69. The van der Waals surface area contributed by atoms with Crippen molar-refractivity contribution in [3.05, 3.63) is 50.6 Å². The van der Waals surface area contributed by atoms with Gasteiger partial charge >= 0.3 is 12.1 Å². The Balaban J connectivity index is 1.82. The second-order valence-electron chi connectivity index (χ2n) is 7.06. The first-order valence-corrected chi connectivity index (χ1v) is 11.6. The fraction of sp³-hybridized carbons (Fsp3) is 0.286. The van der Waals surface area contributed by atoms with Crippen LogP contribution in [0.4, 0.5) is 22.0 Å². The number of thioether (sulfide) groups is 1. The van der Waals surface area contributed by atoms with Gasteiger partial charge in [-0.3, -0.25) is 14.5 Å². The largest absolute Gasteiger partial charge is 0.481 e. The average Bonchev–Trinajstić information content (AvgIpc) is 3.26. The van der Waals surface area contributed by atoms with Crippen LogP contribution in [-0.4, -0.2) is 32.7 Å². The average molecular weight is 522 g/mol. The second-order valence-corrected chi connectivity index (χ2v) is 9.82. The van der Waals surface area contributed by atoms with E-state index in [-0.39, 0.29) is 38.2 Å². The van der Waals surface area contributed by atoms with Crippen LogP contribution in [0.2, 0.25) is 0 Å². The lowest BCUT2D eigenvalue weighted by Gasteiger charge is -2.13. The van der Waals surface area contributed by atoms with Gasteiger partial charge in [0.05, 0.1) is 4.91 Å². The predicted octanol–water partition coefficient (Wildman–Crippen LogP) is 6.56. The van der Waals surface area contributed by atoms with Crippen LogP contribution in [0.3, 0.4) is 0 Å². The van der Waals surface area contributed by atoms with Crippen LogP contribution in [0.5, 0.6) is 0 Å². The molecule has 0 spiro atoms. The predicted molar refractivity (Wildman–Crippen MR) is 121 cm³/mol. The normalized spacial score (nSPS) is 15.7. The van der Waals surface area contributed by atoms with Gasteiger partial charge < -0.3 is 5.11 Å². The summed E-state index contributed by atoms with van der Waals surface area (Å²) in [5, 5.41) is 8.65. The standard InChI is InChI=1S/C21H16F5NO3S3/c22-14-6-5-11(8-15(14)23)13-9-12(32-18(13)21(24,25)26)10-16-19(30)27(20(31)33-16)7-3-1-2-4-17(28)29/h5-6,8-10H,1-4,7H2,(H,28,29)/b16-10-. The fourth-order valence-corrected chi connectivity index (χ4v) is 5.48. The fourth-order valence-electron chi connectivity index (χ4n) is 3.11. The molecule has 1 N–H and O–H groups in total. The minimum atomic E-state index is -4.73. The van der Waals surface area contributed by atoms with Crippen LogP contribution >= 0.6 is 35.3 Å². The lowest BCUT2D eigenvalue weighted by Crippen LogP contribution is -2.29. The Labute approximate surface area is 199 Å². The van der Waals surface area contributed by atoms with E-state index in [0.717, 1.165) is 23.9 Å². The number of carboxylic acids is 1. The lowest BCUT2D eigenvalue weighted by molar-refractivity contribution is -0.137. The number of aliphatic carboxylic acids is 1. The molecule has 176 valence electrons. The number of nitrogens with zero attached hydrogens (tertiary/aromatic N) is 1. The third-order valence-electron chi connectivity index (χ3n) is 4.66. The number of thiophene rings is 1. The van der Waals surface area contributed by atoms with Crippen molar-refractivity contribution in [3.8, 4) is 11.1 Å². The number of carbonyl (C=O) groups is 2. The molecule has 0 radical (unpaired) electrons. The first-order valence-electron chi connectivity index (χ1n) is 9.61. The van der Waals surface area contributed by atoms with Crippen molar-refractivity contribution in [2.75, 3.05) is 6.54 Å². The van der Waals surface area contributed by atoms with Crippen LogP contribution in [0, 0.1) is 11.6 Å². The van der Waals surface area contributed by atoms with Crippen molar-refractivity contribution in [1.29, 1.82) is 0 Å². The van der Waals surface area contributed by atoms with Gasteiger partial charge in [0, 0.05) is 23.4 Å². The molecule has 1 fully saturated rings. The number of halogens is 5. The molecule has 0 unspecified atom stereocenters. The Bertz CT molecular complexity index is 1130. The summed E-state index contributed by atoms with van der Waals surface area (Å²) in [5.41, 5.74) is -0.447. The van der Waals surface area contributed by atoms with E-state index in [4.69, 9.17) is 17.3 Å². The molecule has 3 rings (SSSR count). The van der Waals surface area contributed by atoms with E-state index in [1.165, 1.54) is 17.0 Å². The molecule has 0 bridgehead atoms. The minimum absolute atomic E-state index is 0.0263. The number of carboxylic acid groups (broad SMARTS) is 1. The van der Waals surface area contributed by atoms with Crippen LogP contribution < -0.4 is 0 Å². The van der Waals surface area contributed by atoms with E-state index in [1.54, 1.807) is 0 Å². The quantitative estimate of drug-likeness (QED) is 0.185. The maximum atomic E-state index is 13.6. The van der Waals surface area contributed by atoms with E-state index in [0.29, 0.717) is 36.7 Å². The number of thiocarbonyl (C=S) groups is 1. The van der Waals surface area contributed by atoms with Gasteiger partial charge in [0.2, 0.25) is 0 Å². The highest BCUT2D eigenvalue weighted by Crippen LogP contribution is 2.44. The van der Waals surface area contributed by atoms with Gasteiger partial charge in [-0.2, -0.15) is 13.2 Å². The number of hydrogen-bond donors (Lipinski definition) is 1. The van der Waals surface area contributed by atoms with Crippen molar-refractivity contribution < 1.29 is 36.6 Å². The van der Waals surface area contributed by atoms with Crippen molar-refractivity contribution in [3.63, 3.8) is 0 Å². The van der Waals surface area contributed by atoms with E-state index in [2.05, 4.69) is 0 Å². The summed E-state index contributed by atoms with van der Waals surface area (Å²) in [6.45, 7) is 0.278. The molecule has 0 aliphatic carbocycles. The first-order chi connectivity index (χ1) is 15.5. The summed E-state index contributed by atoms with van der Waals surface area (Å²) in [5.74, 6) is -3.79. The Kier molecular flexibility index (Phi) is 7.91. The summed E-state index contributed by atoms with van der Waals surface area (Å²) in [7, 11) is 0. The number of rotatable bonds is 8. The maximum Gasteiger partial charge on any atom is 0.426 e. The highest BCUT2D eigenvalue weighted by Gasteiger charge is 2.37. The second kappa shape index (κ2) is 10.3. The molecular formula is C21H16F5NO3S3. The van der Waals surface area contributed by atoms with Crippen LogP contribution in [0.1, 0.15) is 35.4 Å². The number of alkyl halides is 3. The van der Waals surface area contributed by atoms with Gasteiger partial charge in [-0.1, -0.05) is 36.5 Å². The SMILES string of the molecule is O=C(O)CCCCCN1C(=O)/C(=C/c2cc(-c3ccc(F)c(F)c3)c(C(F)(F)F)s2)SC1=S. The van der Waals surface area contributed by atoms with E-state index in [1.807, 2.05) is 0 Å². The lowest BCUT2D eigenvalue weighted by atomic mass is 10.1. The summed E-state index contributed by atoms with van der Waals surface area (Å²) in [4.78, 5) is 23.8. The molecule has 1 amide bonds. The molecular weight excluding hydrogens is 505 g/mol. The zero-order chi connectivity index (χ0) is 24.3. The molecule has 4 nitrogen and oxygen atoms in total. The molecule has 2 aromatic rings. The van der Waals surface area contributed by atoms with Crippen LogP contribution in [-0.2, 0) is 15.8 Å². The topological polar surface area (TPSA) is 57.6 Å². The molecule has 1 saturated heterocycles. The van der Waals surface area contributed by atoms with Gasteiger partial charge in [-0.05, 0) is 42.7 Å².